The summed E-state index contributed by atoms with van der Waals surface area (Å²) in [4.78, 5) is 14.0. The van der Waals surface area contributed by atoms with Gasteiger partial charge in [0.25, 0.3) is 0 Å². The van der Waals surface area contributed by atoms with E-state index < -0.39 is 5.82 Å². The van der Waals surface area contributed by atoms with E-state index in [0.29, 0.717) is 6.54 Å². The van der Waals surface area contributed by atoms with E-state index in [2.05, 4.69) is 19.2 Å². The maximum Gasteiger partial charge on any atom is 0.238 e. The first kappa shape index (κ1) is 16.0. The number of benzene rings is 2. The van der Waals surface area contributed by atoms with Crippen LogP contribution in [-0.2, 0) is 10.3 Å². The molecule has 0 atom stereocenters. The largest absolute Gasteiger partial charge is 0.325 e. The summed E-state index contributed by atoms with van der Waals surface area (Å²) in [6.45, 7) is 4.49. The number of hydrogen-bond donors (Lipinski definition) is 1. The maximum absolute atomic E-state index is 13.4. The lowest BCUT2D eigenvalue weighted by atomic mass is 9.89. The lowest BCUT2D eigenvalue weighted by Crippen LogP contribution is -2.40. The van der Waals surface area contributed by atoms with Gasteiger partial charge in [0, 0.05) is 11.2 Å². The zero-order valence-electron chi connectivity index (χ0n) is 13.3. The van der Waals surface area contributed by atoms with Crippen LogP contribution >= 0.6 is 11.6 Å². The smallest absolute Gasteiger partial charge is 0.238 e. The predicted octanol–water partition coefficient (Wildman–Crippen LogP) is 4.27. The normalized spacial score (nSPS) is 17.3. The van der Waals surface area contributed by atoms with Crippen molar-refractivity contribution in [3.8, 4) is 11.1 Å². The van der Waals surface area contributed by atoms with Crippen LogP contribution in [0.15, 0.2) is 36.4 Å². The van der Waals surface area contributed by atoms with Crippen LogP contribution in [0.3, 0.4) is 0 Å². The third-order valence-corrected chi connectivity index (χ3v) is 4.83. The highest BCUT2D eigenvalue weighted by Crippen LogP contribution is 2.37. The van der Waals surface area contributed by atoms with Crippen molar-refractivity contribution in [2.75, 3.05) is 18.9 Å². The molecule has 1 aliphatic heterocycles. The van der Waals surface area contributed by atoms with Gasteiger partial charge < -0.3 is 5.32 Å². The van der Waals surface area contributed by atoms with Crippen LogP contribution in [0.25, 0.3) is 11.1 Å². The van der Waals surface area contributed by atoms with Crippen LogP contribution in [0, 0.1) is 5.82 Å². The molecule has 0 fully saturated rings. The second kappa shape index (κ2) is 5.62. The average Bonchev–Trinajstić information content (AvgIpc) is 2.57. The van der Waals surface area contributed by atoms with Crippen molar-refractivity contribution in [2.24, 2.45) is 0 Å². The monoisotopic (exact) mass is 332 g/mol. The number of nitrogens with zero attached hydrogens (tertiary/aromatic N) is 1. The quantitative estimate of drug-likeness (QED) is 0.846. The van der Waals surface area contributed by atoms with Crippen molar-refractivity contribution in [1.82, 2.24) is 4.90 Å². The summed E-state index contributed by atoms with van der Waals surface area (Å²) in [6.07, 6.45) is 0. The Morgan fingerprint density at radius 3 is 2.52 bits per heavy atom. The van der Waals surface area contributed by atoms with Crippen LogP contribution in [0.4, 0.5) is 10.1 Å². The first-order valence-electron chi connectivity index (χ1n) is 7.40. The molecule has 0 aliphatic carbocycles. The van der Waals surface area contributed by atoms with E-state index in [4.69, 9.17) is 11.6 Å². The zero-order valence-corrected chi connectivity index (χ0v) is 14.0. The van der Waals surface area contributed by atoms with Crippen molar-refractivity contribution in [2.45, 2.75) is 19.4 Å². The molecule has 3 rings (SSSR count). The number of rotatable bonds is 1. The third-order valence-electron chi connectivity index (χ3n) is 4.54. The fraction of sp³-hybridized carbons (Fsp3) is 0.278. The van der Waals surface area contributed by atoms with E-state index in [1.54, 1.807) is 12.1 Å². The van der Waals surface area contributed by atoms with Gasteiger partial charge in [-0.3, -0.25) is 9.69 Å². The number of fused-ring (bicyclic) bond motifs is 1. The summed E-state index contributed by atoms with van der Waals surface area (Å²) in [5, 5.41) is 3.04. The molecule has 1 N–H and O–H groups in total. The van der Waals surface area contributed by atoms with E-state index in [1.807, 2.05) is 30.1 Å². The van der Waals surface area contributed by atoms with Gasteiger partial charge in [-0.05, 0) is 61.9 Å². The summed E-state index contributed by atoms with van der Waals surface area (Å²) >= 11 is 5.89. The Labute approximate surface area is 140 Å². The van der Waals surface area contributed by atoms with E-state index in [0.717, 1.165) is 22.4 Å². The number of halogens is 2. The topological polar surface area (TPSA) is 32.3 Å². The highest BCUT2D eigenvalue weighted by molar-refractivity contribution is 6.31. The first-order valence-corrected chi connectivity index (χ1v) is 7.78. The molecule has 120 valence electrons. The lowest BCUT2D eigenvalue weighted by Gasteiger charge is -2.34. The number of carbonyl (C=O) groups excluding carboxylic acids is 1. The second-order valence-corrected chi connectivity index (χ2v) is 6.76. The Balaban J connectivity index is 2.14. The summed E-state index contributed by atoms with van der Waals surface area (Å²) in [7, 11) is 1.93. The van der Waals surface area contributed by atoms with Crippen LogP contribution < -0.4 is 5.32 Å². The van der Waals surface area contributed by atoms with Crippen LogP contribution in [0.5, 0.6) is 0 Å². The lowest BCUT2D eigenvalue weighted by molar-refractivity contribution is -0.117. The van der Waals surface area contributed by atoms with Crippen LogP contribution in [0.1, 0.15) is 19.4 Å². The fourth-order valence-electron chi connectivity index (χ4n) is 2.82. The molecule has 1 heterocycles. The number of hydrogen-bond acceptors (Lipinski definition) is 2. The number of carbonyl (C=O) groups is 1. The van der Waals surface area contributed by atoms with Crippen molar-refractivity contribution in [3.05, 3.63) is 52.8 Å². The standard InChI is InChI=1S/C18H18ClFN2O/c1-18(2)13-8-11(12-4-6-15(20)14(19)9-12)5-7-16(13)21-17(23)10-22(18)3/h4-9H,10H2,1-3H3,(H,21,23). The van der Waals surface area contributed by atoms with Gasteiger partial charge in [0.15, 0.2) is 0 Å². The fourth-order valence-corrected chi connectivity index (χ4v) is 3.00. The van der Waals surface area contributed by atoms with Crippen molar-refractivity contribution in [1.29, 1.82) is 0 Å². The van der Waals surface area contributed by atoms with Crippen molar-refractivity contribution < 1.29 is 9.18 Å². The molecular formula is C18H18ClFN2O. The Morgan fingerprint density at radius 1 is 1.17 bits per heavy atom. The van der Waals surface area contributed by atoms with Gasteiger partial charge in [-0.15, -0.1) is 0 Å². The first-order chi connectivity index (χ1) is 10.8. The minimum atomic E-state index is -0.433. The van der Waals surface area contributed by atoms with Gasteiger partial charge in [0.2, 0.25) is 5.91 Å². The maximum atomic E-state index is 13.4. The molecule has 0 aromatic heterocycles. The minimum absolute atomic E-state index is 0.0306. The van der Waals surface area contributed by atoms with Crippen molar-refractivity contribution in [3.63, 3.8) is 0 Å². The van der Waals surface area contributed by atoms with Gasteiger partial charge in [0.05, 0.1) is 11.6 Å². The number of amides is 1. The minimum Gasteiger partial charge on any atom is -0.325 e. The van der Waals surface area contributed by atoms with E-state index >= 15 is 0 Å². The molecule has 1 aliphatic rings. The summed E-state index contributed by atoms with van der Waals surface area (Å²) in [5.41, 5.74) is 3.29. The molecule has 2 aromatic carbocycles. The molecule has 3 nitrogen and oxygen atoms in total. The number of nitrogens with one attached hydrogen (secondary N) is 1. The van der Waals surface area contributed by atoms with Crippen LogP contribution in [0.2, 0.25) is 5.02 Å². The highest BCUT2D eigenvalue weighted by atomic mass is 35.5. The highest BCUT2D eigenvalue weighted by Gasteiger charge is 2.33. The molecule has 23 heavy (non-hydrogen) atoms. The molecule has 0 bridgehead atoms. The second-order valence-electron chi connectivity index (χ2n) is 6.35. The Morgan fingerprint density at radius 2 is 1.83 bits per heavy atom. The van der Waals surface area contributed by atoms with Crippen molar-refractivity contribution >= 4 is 23.2 Å². The Kier molecular flexibility index (Phi) is 3.90. The number of likely N-dealkylation sites (N-methyl/N-ethyl adjacent to an activating group) is 1. The molecule has 0 spiro atoms. The van der Waals surface area contributed by atoms with E-state index in [1.165, 1.54) is 6.07 Å². The molecular weight excluding hydrogens is 315 g/mol. The molecule has 0 saturated heterocycles. The van der Waals surface area contributed by atoms with E-state index in [-0.39, 0.29) is 16.5 Å². The van der Waals surface area contributed by atoms with Gasteiger partial charge >= 0.3 is 0 Å². The summed E-state index contributed by atoms with van der Waals surface area (Å²) < 4.78 is 13.4. The van der Waals surface area contributed by atoms with Gasteiger partial charge in [-0.25, -0.2) is 4.39 Å². The molecule has 1 amide bonds. The third kappa shape index (κ3) is 2.84. The SMILES string of the molecule is CN1CC(=O)Nc2ccc(-c3ccc(F)c(Cl)c3)cc2C1(C)C. The molecule has 2 aromatic rings. The number of anilines is 1. The Hall–Kier alpha value is -1.91. The molecule has 0 saturated carbocycles. The van der Waals surface area contributed by atoms with Gasteiger partial charge in [0.1, 0.15) is 5.82 Å². The van der Waals surface area contributed by atoms with Gasteiger partial charge in [-0.2, -0.15) is 0 Å². The predicted molar refractivity (Wildman–Crippen MR) is 91.1 cm³/mol. The Bertz CT molecular complexity index is 789. The zero-order chi connectivity index (χ0) is 16.8. The van der Waals surface area contributed by atoms with Crippen LogP contribution in [-0.4, -0.2) is 24.4 Å². The average molecular weight is 333 g/mol. The summed E-state index contributed by atoms with van der Waals surface area (Å²) in [5.74, 6) is -0.464. The van der Waals surface area contributed by atoms with Gasteiger partial charge in [-0.1, -0.05) is 23.7 Å². The molecule has 5 heteroatoms. The van der Waals surface area contributed by atoms with E-state index in [9.17, 15) is 9.18 Å². The summed E-state index contributed by atoms with van der Waals surface area (Å²) in [6, 6.07) is 10.5. The molecule has 0 unspecified atom stereocenters. The molecule has 0 radical (unpaired) electrons.